The van der Waals surface area contributed by atoms with Crippen molar-refractivity contribution in [1.82, 2.24) is 15.2 Å². The molecule has 1 saturated heterocycles. The number of urea groups is 1. The predicted molar refractivity (Wildman–Crippen MR) is 178 cm³/mol. The van der Waals surface area contributed by atoms with E-state index in [0.717, 1.165) is 40.5 Å². The molecule has 236 valence electrons. The lowest BCUT2D eigenvalue weighted by atomic mass is 9.94. The summed E-state index contributed by atoms with van der Waals surface area (Å²) in [4.78, 5) is 49.7. The minimum Gasteiger partial charge on any atom is -0.378 e. The van der Waals surface area contributed by atoms with Crippen molar-refractivity contribution in [3.05, 3.63) is 57.9 Å². The van der Waals surface area contributed by atoms with E-state index in [1.807, 2.05) is 50.4 Å². The van der Waals surface area contributed by atoms with Gasteiger partial charge in [-0.1, -0.05) is 26.8 Å². The van der Waals surface area contributed by atoms with E-state index >= 15 is 0 Å². The number of hydrogen-bond donors (Lipinski definition) is 3. The summed E-state index contributed by atoms with van der Waals surface area (Å²) < 4.78 is 5.45. The first kappa shape index (κ1) is 32.9. The number of nitrogens with zero attached hydrogens (tertiary/aromatic N) is 3. The fraction of sp³-hybridized carbons (Fsp3) is 0.455. The summed E-state index contributed by atoms with van der Waals surface area (Å²) in [6, 6.07) is 11.1. The molecule has 3 N–H and O–H groups in total. The molecule has 1 aliphatic rings. The number of hydrogen-bond acceptors (Lipinski definition) is 7. The highest BCUT2D eigenvalue weighted by Gasteiger charge is 2.38. The summed E-state index contributed by atoms with van der Waals surface area (Å²) in [7, 11) is 1.55. The zero-order valence-electron chi connectivity index (χ0n) is 27.0. The monoisotopic (exact) mass is 620 g/mol. The molecule has 1 aromatic carbocycles. The van der Waals surface area contributed by atoms with Gasteiger partial charge in [0, 0.05) is 42.8 Å². The number of carbonyl (C=O) groups is 3. The summed E-state index contributed by atoms with van der Waals surface area (Å²) in [5, 5.41) is 8.47. The Morgan fingerprint density at radius 2 is 1.73 bits per heavy atom. The first-order chi connectivity index (χ1) is 20.8. The highest BCUT2D eigenvalue weighted by atomic mass is 32.1. The van der Waals surface area contributed by atoms with Gasteiger partial charge in [0.2, 0.25) is 5.91 Å². The maximum absolute atomic E-state index is 13.9. The van der Waals surface area contributed by atoms with Crippen LogP contribution in [0.4, 0.5) is 21.9 Å². The van der Waals surface area contributed by atoms with Gasteiger partial charge in [0.25, 0.3) is 5.91 Å². The van der Waals surface area contributed by atoms with E-state index in [1.165, 1.54) is 16.2 Å². The van der Waals surface area contributed by atoms with Gasteiger partial charge in [0.15, 0.2) is 0 Å². The Hall–Kier alpha value is -3.96. The Balaban J connectivity index is 1.56. The number of anilines is 3. The van der Waals surface area contributed by atoms with Gasteiger partial charge in [-0.15, -0.1) is 11.3 Å². The molecule has 11 heteroatoms. The van der Waals surface area contributed by atoms with E-state index < -0.39 is 11.6 Å². The maximum Gasteiger partial charge on any atom is 0.323 e. The number of aryl methyl sites for hydroxylation is 1. The number of morpholine rings is 1. The van der Waals surface area contributed by atoms with Crippen LogP contribution in [-0.2, 0) is 14.9 Å². The Kier molecular flexibility index (Phi) is 10.00. The first-order valence-corrected chi connectivity index (χ1v) is 15.7. The summed E-state index contributed by atoms with van der Waals surface area (Å²) in [5.41, 5.74) is 3.47. The van der Waals surface area contributed by atoms with Crippen LogP contribution in [0.5, 0.6) is 0 Å². The van der Waals surface area contributed by atoms with Crippen molar-refractivity contribution >= 4 is 46.2 Å². The number of aromatic nitrogens is 1. The molecule has 0 spiro atoms. The molecule has 4 amide bonds. The van der Waals surface area contributed by atoms with Gasteiger partial charge in [-0.3, -0.25) is 14.6 Å². The van der Waals surface area contributed by atoms with E-state index in [-0.39, 0.29) is 17.2 Å². The van der Waals surface area contributed by atoms with E-state index in [9.17, 15) is 14.4 Å². The zero-order valence-corrected chi connectivity index (χ0v) is 27.8. The fourth-order valence-electron chi connectivity index (χ4n) is 5.17. The van der Waals surface area contributed by atoms with Gasteiger partial charge in [0.1, 0.15) is 10.4 Å². The predicted octanol–water partition coefficient (Wildman–Crippen LogP) is 5.88. The summed E-state index contributed by atoms with van der Waals surface area (Å²) in [6.45, 7) is 16.8. The van der Waals surface area contributed by atoms with E-state index in [4.69, 9.17) is 9.72 Å². The Morgan fingerprint density at radius 1 is 1.02 bits per heavy atom. The molecule has 0 radical (unpaired) electrons. The molecule has 2 aromatic heterocycles. The smallest absolute Gasteiger partial charge is 0.323 e. The van der Waals surface area contributed by atoms with Crippen LogP contribution in [0.3, 0.4) is 0 Å². The SMILES string of the molecule is CCN(C(=O)c1sc(C(C)(C)C)cc1NC(=O)Nc1ccc(C)c(-c2ccc(N3CCOCC3)cn2)c1)C(C)(C)C(=O)NC. The van der Waals surface area contributed by atoms with Gasteiger partial charge in [-0.2, -0.15) is 0 Å². The average Bonchev–Trinajstić information content (AvgIpc) is 3.42. The Bertz CT molecular complexity index is 1500. The van der Waals surface area contributed by atoms with Crippen molar-refractivity contribution in [1.29, 1.82) is 0 Å². The molecule has 3 aromatic rings. The van der Waals surface area contributed by atoms with Crippen LogP contribution < -0.4 is 20.9 Å². The third-order valence-electron chi connectivity index (χ3n) is 7.83. The van der Waals surface area contributed by atoms with Gasteiger partial charge in [-0.05, 0) is 69.0 Å². The third kappa shape index (κ3) is 7.22. The fourth-order valence-corrected chi connectivity index (χ4v) is 6.29. The van der Waals surface area contributed by atoms with Crippen molar-refractivity contribution < 1.29 is 19.1 Å². The van der Waals surface area contributed by atoms with Crippen molar-refractivity contribution in [2.24, 2.45) is 0 Å². The molecule has 44 heavy (non-hydrogen) atoms. The van der Waals surface area contributed by atoms with Crippen LogP contribution in [-0.4, -0.2) is 73.2 Å². The molecule has 3 heterocycles. The van der Waals surface area contributed by atoms with Gasteiger partial charge < -0.3 is 30.5 Å². The normalized spacial score (nSPS) is 13.8. The second-order valence-corrected chi connectivity index (χ2v) is 13.5. The third-order valence-corrected chi connectivity index (χ3v) is 9.38. The molecule has 0 unspecified atom stereocenters. The number of amides is 4. The van der Waals surface area contributed by atoms with Crippen LogP contribution >= 0.6 is 11.3 Å². The molecular formula is C33H44N6O4S. The van der Waals surface area contributed by atoms with Gasteiger partial charge in [0.05, 0.1) is 36.5 Å². The van der Waals surface area contributed by atoms with Crippen LogP contribution in [0.2, 0.25) is 0 Å². The van der Waals surface area contributed by atoms with Crippen molar-refractivity contribution in [3.8, 4) is 11.3 Å². The number of nitrogens with one attached hydrogen (secondary N) is 3. The number of pyridine rings is 1. The first-order valence-electron chi connectivity index (χ1n) is 14.9. The lowest BCUT2D eigenvalue weighted by molar-refractivity contribution is -0.129. The molecule has 0 bridgehead atoms. The summed E-state index contributed by atoms with van der Waals surface area (Å²) in [5.74, 6) is -0.589. The topological polar surface area (TPSA) is 116 Å². The molecule has 0 aliphatic carbocycles. The number of ether oxygens (including phenoxy) is 1. The molecule has 0 saturated carbocycles. The quantitative estimate of drug-likeness (QED) is 0.290. The van der Waals surface area contributed by atoms with Crippen molar-refractivity contribution in [2.75, 3.05) is 55.4 Å². The molecule has 4 rings (SSSR count). The van der Waals surface area contributed by atoms with Crippen LogP contribution in [0.1, 0.15) is 61.7 Å². The number of carbonyl (C=O) groups excluding carboxylic acids is 3. The largest absolute Gasteiger partial charge is 0.378 e. The molecule has 1 aliphatic heterocycles. The summed E-state index contributed by atoms with van der Waals surface area (Å²) in [6.07, 6.45) is 1.87. The molecule has 10 nitrogen and oxygen atoms in total. The second kappa shape index (κ2) is 13.4. The average molecular weight is 621 g/mol. The number of likely N-dealkylation sites (N-methyl/N-ethyl adjacent to an activating group) is 2. The molecule has 0 atom stereocenters. The lowest BCUT2D eigenvalue weighted by Gasteiger charge is -2.36. The number of thiophene rings is 1. The van der Waals surface area contributed by atoms with Crippen LogP contribution in [0.25, 0.3) is 11.3 Å². The Morgan fingerprint density at radius 3 is 2.32 bits per heavy atom. The molecular weight excluding hydrogens is 576 g/mol. The minimum atomic E-state index is -1.08. The van der Waals surface area contributed by atoms with E-state index in [0.29, 0.717) is 36.0 Å². The zero-order chi connectivity index (χ0) is 32.2. The summed E-state index contributed by atoms with van der Waals surface area (Å²) >= 11 is 1.33. The van der Waals surface area contributed by atoms with Crippen LogP contribution in [0, 0.1) is 6.92 Å². The number of rotatable bonds is 8. The van der Waals surface area contributed by atoms with Crippen molar-refractivity contribution in [2.45, 2.75) is 59.4 Å². The van der Waals surface area contributed by atoms with E-state index in [1.54, 1.807) is 20.9 Å². The van der Waals surface area contributed by atoms with Gasteiger partial charge in [-0.25, -0.2) is 4.79 Å². The number of benzene rings is 1. The standard InChI is InChI=1S/C33H44N6O4S/c1-9-39(33(6,7)30(41)34-8)29(40)28-26(19-27(44-28)32(3,4)5)37-31(42)36-22-11-10-21(2)24(18-22)25-13-12-23(20-35-25)38-14-16-43-17-15-38/h10-13,18-20H,9,14-17H2,1-8H3,(H,34,41)(H2,36,37,42). The van der Waals surface area contributed by atoms with Gasteiger partial charge >= 0.3 is 6.03 Å². The lowest BCUT2D eigenvalue weighted by Crippen LogP contribution is -2.56. The molecule has 1 fully saturated rings. The minimum absolute atomic E-state index is 0.250. The van der Waals surface area contributed by atoms with Crippen LogP contribution in [0.15, 0.2) is 42.6 Å². The Labute approximate surface area is 264 Å². The van der Waals surface area contributed by atoms with E-state index in [2.05, 4.69) is 47.7 Å². The highest BCUT2D eigenvalue weighted by Crippen LogP contribution is 2.37. The highest BCUT2D eigenvalue weighted by molar-refractivity contribution is 7.14. The second-order valence-electron chi connectivity index (χ2n) is 12.4. The maximum atomic E-state index is 13.9. The van der Waals surface area contributed by atoms with Crippen molar-refractivity contribution in [3.63, 3.8) is 0 Å².